The maximum atomic E-state index is 12.8. The summed E-state index contributed by atoms with van der Waals surface area (Å²) in [6, 6.07) is 1.94. The lowest BCUT2D eigenvalue weighted by atomic mass is 9.99. The van der Waals surface area contributed by atoms with Crippen molar-refractivity contribution < 1.29 is 4.79 Å². The molecule has 0 unspecified atom stereocenters. The van der Waals surface area contributed by atoms with Crippen LogP contribution >= 0.6 is 0 Å². The van der Waals surface area contributed by atoms with Gasteiger partial charge in [-0.1, -0.05) is 0 Å². The zero-order valence-electron chi connectivity index (χ0n) is 13.7. The highest BCUT2D eigenvalue weighted by atomic mass is 16.2. The Kier molecular flexibility index (Phi) is 4.52. The van der Waals surface area contributed by atoms with Gasteiger partial charge in [-0.25, -0.2) is 0 Å². The standard InChI is InChI=1S/C16H26N4O/c1-6-17-14-9-12(2)18-10-13(14)15(21)20-8-7-19(5)16(3,4)11-20/h9-10H,6-8,11H2,1-5H3,(H,17,18). The average molecular weight is 290 g/mol. The summed E-state index contributed by atoms with van der Waals surface area (Å²) in [5, 5.41) is 3.27. The normalized spacial score (nSPS) is 18.6. The number of anilines is 1. The van der Waals surface area contributed by atoms with Crippen molar-refractivity contribution >= 4 is 11.6 Å². The van der Waals surface area contributed by atoms with E-state index in [9.17, 15) is 4.79 Å². The van der Waals surface area contributed by atoms with Crippen molar-refractivity contribution in [2.45, 2.75) is 33.2 Å². The number of nitrogens with zero attached hydrogens (tertiary/aromatic N) is 3. The summed E-state index contributed by atoms with van der Waals surface area (Å²) in [6.45, 7) is 11.5. The molecule has 0 aliphatic carbocycles. The third-order valence-corrected chi connectivity index (χ3v) is 4.24. The summed E-state index contributed by atoms with van der Waals surface area (Å²) in [4.78, 5) is 21.4. The number of amides is 1. The molecular formula is C16H26N4O. The van der Waals surface area contributed by atoms with E-state index >= 15 is 0 Å². The van der Waals surface area contributed by atoms with Crippen LogP contribution in [0.3, 0.4) is 0 Å². The number of pyridine rings is 1. The fourth-order valence-corrected chi connectivity index (χ4v) is 2.65. The molecule has 1 aromatic rings. The molecule has 1 aliphatic heterocycles. The van der Waals surface area contributed by atoms with Gasteiger partial charge in [-0.05, 0) is 40.8 Å². The Labute approximate surface area is 127 Å². The largest absolute Gasteiger partial charge is 0.385 e. The number of hydrogen-bond donors (Lipinski definition) is 1. The highest BCUT2D eigenvalue weighted by Gasteiger charge is 2.34. The number of carbonyl (C=O) groups is 1. The maximum Gasteiger partial charge on any atom is 0.257 e. The minimum Gasteiger partial charge on any atom is -0.385 e. The summed E-state index contributed by atoms with van der Waals surface area (Å²) in [5.74, 6) is 0.0691. The predicted molar refractivity (Wildman–Crippen MR) is 85.8 cm³/mol. The Bertz CT molecular complexity index is 527. The SMILES string of the molecule is CCNc1cc(C)ncc1C(=O)N1CCN(C)C(C)(C)C1. The summed E-state index contributed by atoms with van der Waals surface area (Å²) in [7, 11) is 2.11. The second-order valence-electron chi connectivity index (χ2n) is 6.36. The van der Waals surface area contributed by atoms with Gasteiger partial charge >= 0.3 is 0 Å². The molecule has 2 heterocycles. The number of nitrogens with one attached hydrogen (secondary N) is 1. The molecule has 0 bridgehead atoms. The maximum absolute atomic E-state index is 12.8. The molecule has 0 saturated carbocycles. The van der Waals surface area contributed by atoms with Crippen molar-refractivity contribution in [1.29, 1.82) is 0 Å². The molecule has 116 valence electrons. The number of aromatic nitrogens is 1. The first-order valence-corrected chi connectivity index (χ1v) is 7.56. The molecule has 1 amide bonds. The topological polar surface area (TPSA) is 48.5 Å². The van der Waals surface area contributed by atoms with Gasteiger partial charge in [0.1, 0.15) is 0 Å². The van der Waals surface area contributed by atoms with Crippen molar-refractivity contribution in [2.75, 3.05) is 38.5 Å². The van der Waals surface area contributed by atoms with Gasteiger partial charge < -0.3 is 10.2 Å². The molecule has 0 spiro atoms. The van der Waals surface area contributed by atoms with E-state index in [1.165, 1.54) is 0 Å². The van der Waals surface area contributed by atoms with E-state index in [1.54, 1.807) is 6.20 Å². The third kappa shape index (κ3) is 3.35. The lowest BCUT2D eigenvalue weighted by molar-refractivity contribution is 0.0312. The van der Waals surface area contributed by atoms with Gasteiger partial charge in [0.25, 0.3) is 5.91 Å². The van der Waals surface area contributed by atoms with Crippen molar-refractivity contribution in [2.24, 2.45) is 0 Å². The molecule has 0 radical (unpaired) electrons. The molecule has 0 aromatic carbocycles. The van der Waals surface area contributed by atoms with Crippen LogP contribution in [0.1, 0.15) is 36.8 Å². The van der Waals surface area contributed by atoms with Crippen molar-refractivity contribution in [3.05, 3.63) is 23.5 Å². The van der Waals surface area contributed by atoms with E-state index < -0.39 is 0 Å². The van der Waals surface area contributed by atoms with E-state index in [0.29, 0.717) is 5.56 Å². The minimum absolute atomic E-state index is 0.00435. The lowest BCUT2D eigenvalue weighted by Crippen LogP contribution is -2.58. The molecule has 1 aliphatic rings. The van der Waals surface area contributed by atoms with E-state index in [2.05, 4.69) is 36.1 Å². The minimum atomic E-state index is 0.00435. The third-order valence-electron chi connectivity index (χ3n) is 4.24. The molecule has 5 heteroatoms. The Hall–Kier alpha value is -1.62. The van der Waals surface area contributed by atoms with E-state index in [1.807, 2.05) is 24.8 Å². The molecule has 1 fully saturated rings. The average Bonchev–Trinajstić information content (AvgIpc) is 2.42. The van der Waals surface area contributed by atoms with Gasteiger partial charge in [-0.15, -0.1) is 0 Å². The van der Waals surface area contributed by atoms with Gasteiger partial charge in [0.05, 0.1) is 11.3 Å². The number of rotatable bonds is 3. The summed E-state index contributed by atoms with van der Waals surface area (Å²) in [5.41, 5.74) is 2.47. The number of hydrogen-bond acceptors (Lipinski definition) is 4. The van der Waals surface area contributed by atoms with E-state index in [4.69, 9.17) is 0 Å². The number of aryl methyl sites for hydroxylation is 1. The summed E-state index contributed by atoms with van der Waals surface area (Å²) < 4.78 is 0. The predicted octanol–water partition coefficient (Wildman–Crippen LogP) is 1.99. The van der Waals surface area contributed by atoms with Gasteiger partial charge in [0, 0.05) is 43.6 Å². The van der Waals surface area contributed by atoms with E-state index in [-0.39, 0.29) is 11.4 Å². The first kappa shape index (κ1) is 15.8. The summed E-state index contributed by atoms with van der Waals surface area (Å²) in [6.07, 6.45) is 1.70. The smallest absolute Gasteiger partial charge is 0.257 e. The van der Waals surface area contributed by atoms with Crippen LogP contribution in [0.5, 0.6) is 0 Å². The van der Waals surface area contributed by atoms with Crippen LogP contribution in [0.25, 0.3) is 0 Å². The van der Waals surface area contributed by atoms with Crippen LogP contribution < -0.4 is 5.32 Å². The van der Waals surface area contributed by atoms with Gasteiger partial charge in [-0.3, -0.25) is 14.7 Å². The van der Waals surface area contributed by atoms with Crippen LogP contribution in [-0.2, 0) is 0 Å². The van der Waals surface area contributed by atoms with Crippen molar-refractivity contribution in [1.82, 2.24) is 14.8 Å². The van der Waals surface area contributed by atoms with Crippen molar-refractivity contribution in [3.8, 4) is 0 Å². The molecule has 1 N–H and O–H groups in total. The van der Waals surface area contributed by atoms with Crippen LogP contribution in [0.4, 0.5) is 5.69 Å². The van der Waals surface area contributed by atoms with Crippen LogP contribution in [0.2, 0.25) is 0 Å². The Morgan fingerprint density at radius 3 is 2.76 bits per heavy atom. The van der Waals surface area contributed by atoms with Crippen LogP contribution in [-0.4, -0.2) is 59.5 Å². The molecular weight excluding hydrogens is 264 g/mol. The highest BCUT2D eigenvalue weighted by molar-refractivity contribution is 5.99. The zero-order chi connectivity index (χ0) is 15.6. The van der Waals surface area contributed by atoms with Gasteiger partial charge in [0.15, 0.2) is 0 Å². The van der Waals surface area contributed by atoms with Crippen LogP contribution in [0, 0.1) is 6.92 Å². The molecule has 1 aromatic heterocycles. The van der Waals surface area contributed by atoms with E-state index in [0.717, 1.165) is 37.6 Å². The van der Waals surface area contributed by atoms with Gasteiger partial charge in [-0.2, -0.15) is 0 Å². The monoisotopic (exact) mass is 290 g/mol. The summed E-state index contributed by atoms with van der Waals surface area (Å²) >= 11 is 0. The molecule has 2 rings (SSSR count). The highest BCUT2D eigenvalue weighted by Crippen LogP contribution is 2.23. The second-order valence-corrected chi connectivity index (χ2v) is 6.36. The van der Waals surface area contributed by atoms with Gasteiger partial charge in [0.2, 0.25) is 0 Å². The van der Waals surface area contributed by atoms with Crippen LogP contribution in [0.15, 0.2) is 12.3 Å². The second kappa shape index (κ2) is 6.02. The number of piperazine rings is 1. The molecule has 1 saturated heterocycles. The molecule has 21 heavy (non-hydrogen) atoms. The number of likely N-dealkylation sites (N-methyl/N-ethyl adjacent to an activating group) is 1. The quantitative estimate of drug-likeness (QED) is 0.925. The lowest BCUT2D eigenvalue weighted by Gasteiger charge is -2.45. The Morgan fingerprint density at radius 2 is 2.14 bits per heavy atom. The Morgan fingerprint density at radius 1 is 1.43 bits per heavy atom. The zero-order valence-corrected chi connectivity index (χ0v) is 13.7. The molecule has 5 nitrogen and oxygen atoms in total. The first-order chi connectivity index (χ1) is 9.85. The molecule has 0 atom stereocenters. The fraction of sp³-hybridized carbons (Fsp3) is 0.625. The first-order valence-electron chi connectivity index (χ1n) is 7.56. The van der Waals surface area contributed by atoms with Crippen molar-refractivity contribution in [3.63, 3.8) is 0 Å². The fourth-order valence-electron chi connectivity index (χ4n) is 2.65. The number of carbonyl (C=O) groups excluding carboxylic acids is 1. The Balaban J connectivity index is 2.24.